The average molecular weight is 486 g/mol. The van der Waals surface area contributed by atoms with Gasteiger partial charge in [-0.2, -0.15) is 13.8 Å². The Bertz CT molecular complexity index is 1290. The predicted molar refractivity (Wildman–Crippen MR) is 128 cm³/mol. The predicted octanol–water partition coefficient (Wildman–Crippen LogP) is 3.40. The molecule has 3 rings (SSSR count). The Morgan fingerprint density at radius 1 is 1.09 bits per heavy atom. The van der Waals surface area contributed by atoms with Crippen molar-refractivity contribution in [1.29, 1.82) is 5.41 Å². The van der Waals surface area contributed by atoms with E-state index in [0.717, 1.165) is 10.6 Å². The van der Waals surface area contributed by atoms with Crippen LogP contribution in [0.3, 0.4) is 0 Å². The zero-order valence-electron chi connectivity index (χ0n) is 19.2. The summed E-state index contributed by atoms with van der Waals surface area (Å²) in [5.74, 6) is -5.35. The lowest BCUT2D eigenvalue weighted by Gasteiger charge is -2.21. The number of benzene rings is 2. The molecule has 0 radical (unpaired) electrons. The van der Waals surface area contributed by atoms with Crippen LogP contribution in [0.1, 0.15) is 5.56 Å². The molecular formula is C23H24F2N6O4. The lowest BCUT2D eigenvalue weighted by Crippen LogP contribution is -2.27. The lowest BCUT2D eigenvalue weighted by molar-refractivity contribution is -0.135. The van der Waals surface area contributed by atoms with E-state index in [1.54, 1.807) is 43.3 Å². The standard InChI is InChI=1S/C23H24F2N6O4/c1-30(2)13-5-4-6-14(10-13)34-22-18(24)20(31(3)11-17(32)33)19(25)23(29-22)35-16-9-12(21(27)28)7-8-15(16)26/h4-10H,11,26H2,1-3H3,(H3,27,28)(H,32,33). The molecule has 10 nitrogen and oxygen atoms in total. The molecule has 0 aliphatic carbocycles. The summed E-state index contributed by atoms with van der Waals surface area (Å²) in [6, 6.07) is 10.8. The van der Waals surface area contributed by atoms with Gasteiger partial charge in [0.05, 0.1) is 5.69 Å². The molecule has 0 unspecified atom stereocenters. The highest BCUT2D eigenvalue weighted by Crippen LogP contribution is 2.39. The van der Waals surface area contributed by atoms with Gasteiger partial charge in [-0.25, -0.2) is 0 Å². The summed E-state index contributed by atoms with van der Waals surface area (Å²) >= 11 is 0. The summed E-state index contributed by atoms with van der Waals surface area (Å²) in [5.41, 5.74) is 11.7. The summed E-state index contributed by atoms with van der Waals surface area (Å²) in [6.07, 6.45) is 0. The number of rotatable bonds is 9. The molecule has 6 N–H and O–H groups in total. The molecule has 0 saturated heterocycles. The van der Waals surface area contributed by atoms with Gasteiger partial charge in [0.2, 0.25) is 11.6 Å². The second-order valence-electron chi connectivity index (χ2n) is 7.71. The number of carboxylic acids is 1. The number of carbonyl (C=O) groups is 1. The first-order valence-electron chi connectivity index (χ1n) is 10.2. The lowest BCUT2D eigenvalue weighted by atomic mass is 10.2. The molecule has 0 fully saturated rings. The number of nitrogens with one attached hydrogen (secondary N) is 1. The maximum absolute atomic E-state index is 15.4. The Morgan fingerprint density at radius 3 is 2.34 bits per heavy atom. The molecule has 1 aromatic heterocycles. The van der Waals surface area contributed by atoms with Gasteiger partial charge < -0.3 is 35.8 Å². The minimum atomic E-state index is -1.31. The molecule has 3 aromatic rings. The van der Waals surface area contributed by atoms with Crippen molar-refractivity contribution in [2.45, 2.75) is 0 Å². The fourth-order valence-electron chi connectivity index (χ4n) is 3.07. The maximum atomic E-state index is 15.4. The number of carboxylic acid groups (broad SMARTS) is 1. The largest absolute Gasteiger partial charge is 0.480 e. The van der Waals surface area contributed by atoms with Gasteiger partial charge in [-0.15, -0.1) is 0 Å². The van der Waals surface area contributed by atoms with Gasteiger partial charge in [-0.05, 0) is 30.3 Å². The van der Waals surface area contributed by atoms with E-state index < -0.39 is 41.6 Å². The highest BCUT2D eigenvalue weighted by molar-refractivity contribution is 5.95. The topological polar surface area (TPSA) is 151 Å². The molecular weight excluding hydrogens is 462 g/mol. The molecule has 2 aromatic carbocycles. The molecule has 0 atom stereocenters. The molecule has 0 amide bonds. The number of ether oxygens (including phenoxy) is 2. The first kappa shape index (κ1) is 25.0. The van der Waals surface area contributed by atoms with E-state index in [1.807, 2.05) is 0 Å². The van der Waals surface area contributed by atoms with Crippen molar-refractivity contribution in [1.82, 2.24) is 4.98 Å². The number of nitrogens with two attached hydrogens (primary N) is 2. The van der Waals surface area contributed by atoms with E-state index in [1.165, 1.54) is 25.2 Å². The van der Waals surface area contributed by atoms with Crippen LogP contribution in [0.5, 0.6) is 23.3 Å². The number of likely N-dealkylation sites (N-methyl/N-ethyl adjacent to an activating group) is 1. The van der Waals surface area contributed by atoms with Crippen LogP contribution in [0.15, 0.2) is 42.5 Å². The number of hydrogen-bond donors (Lipinski definition) is 4. The van der Waals surface area contributed by atoms with E-state index in [2.05, 4.69) is 4.98 Å². The van der Waals surface area contributed by atoms with E-state index in [-0.39, 0.29) is 28.6 Å². The van der Waals surface area contributed by atoms with Crippen molar-refractivity contribution >= 4 is 28.9 Å². The SMILES string of the molecule is CN(C)c1cccc(Oc2nc(Oc3cc(C(=N)N)ccc3N)c(F)c(N(C)CC(=O)O)c2F)c1. The number of nitrogen functional groups attached to an aromatic ring is 2. The van der Waals surface area contributed by atoms with E-state index in [4.69, 9.17) is 31.5 Å². The molecule has 35 heavy (non-hydrogen) atoms. The van der Waals surface area contributed by atoms with Crippen molar-refractivity contribution in [3.63, 3.8) is 0 Å². The number of halogens is 2. The molecule has 1 heterocycles. The van der Waals surface area contributed by atoms with E-state index in [9.17, 15) is 4.79 Å². The molecule has 0 spiro atoms. The van der Waals surface area contributed by atoms with Crippen LogP contribution in [0.2, 0.25) is 0 Å². The number of aromatic nitrogens is 1. The van der Waals surface area contributed by atoms with Crippen molar-refractivity contribution in [2.24, 2.45) is 5.73 Å². The van der Waals surface area contributed by atoms with Gasteiger partial charge in [0.25, 0.3) is 11.8 Å². The third-order valence-electron chi connectivity index (χ3n) is 4.83. The minimum Gasteiger partial charge on any atom is -0.480 e. The summed E-state index contributed by atoms with van der Waals surface area (Å²) in [4.78, 5) is 17.7. The van der Waals surface area contributed by atoms with Crippen LogP contribution >= 0.6 is 0 Å². The van der Waals surface area contributed by atoms with Gasteiger partial charge in [0.1, 0.15) is 23.8 Å². The number of nitrogens with zero attached hydrogens (tertiary/aromatic N) is 3. The molecule has 12 heteroatoms. The van der Waals surface area contributed by atoms with Crippen LogP contribution < -0.4 is 30.7 Å². The third-order valence-corrected chi connectivity index (χ3v) is 4.83. The number of hydrogen-bond acceptors (Lipinski definition) is 8. The summed E-state index contributed by atoms with van der Waals surface area (Å²) in [5, 5.41) is 16.7. The fourth-order valence-corrected chi connectivity index (χ4v) is 3.07. The zero-order chi connectivity index (χ0) is 25.9. The summed E-state index contributed by atoms with van der Waals surface area (Å²) < 4.78 is 41.8. The monoisotopic (exact) mass is 486 g/mol. The third kappa shape index (κ3) is 5.66. The van der Waals surface area contributed by atoms with Gasteiger partial charge in [0.15, 0.2) is 5.75 Å². The van der Waals surface area contributed by atoms with Crippen molar-refractivity contribution in [3.8, 4) is 23.3 Å². The van der Waals surface area contributed by atoms with Gasteiger partial charge >= 0.3 is 5.97 Å². The normalized spacial score (nSPS) is 10.5. The number of anilines is 3. The van der Waals surface area contributed by atoms with Gasteiger partial charge in [-0.3, -0.25) is 10.2 Å². The molecule has 0 aliphatic heterocycles. The number of aliphatic carboxylic acids is 1. The molecule has 184 valence electrons. The first-order chi connectivity index (χ1) is 16.5. The van der Waals surface area contributed by atoms with Crippen LogP contribution in [-0.2, 0) is 4.79 Å². The second kappa shape index (κ2) is 10.1. The summed E-state index contributed by atoms with van der Waals surface area (Å²) in [7, 11) is 4.81. The number of amidine groups is 1. The van der Waals surface area contributed by atoms with Crippen molar-refractivity contribution in [2.75, 3.05) is 43.2 Å². The Balaban J connectivity index is 2.13. The molecule has 0 bridgehead atoms. The molecule has 0 saturated carbocycles. The van der Waals surface area contributed by atoms with Crippen LogP contribution in [0, 0.1) is 17.0 Å². The highest BCUT2D eigenvalue weighted by Gasteiger charge is 2.27. The summed E-state index contributed by atoms with van der Waals surface area (Å²) in [6.45, 7) is -0.713. The number of pyridine rings is 1. The average Bonchev–Trinajstić information content (AvgIpc) is 2.78. The van der Waals surface area contributed by atoms with Crippen LogP contribution in [0.25, 0.3) is 0 Å². The zero-order valence-corrected chi connectivity index (χ0v) is 19.2. The Hall–Kier alpha value is -4.61. The van der Waals surface area contributed by atoms with E-state index in [0.29, 0.717) is 0 Å². The van der Waals surface area contributed by atoms with Crippen molar-refractivity contribution in [3.05, 3.63) is 59.7 Å². The first-order valence-corrected chi connectivity index (χ1v) is 10.2. The highest BCUT2D eigenvalue weighted by atomic mass is 19.1. The maximum Gasteiger partial charge on any atom is 0.323 e. The van der Waals surface area contributed by atoms with Crippen molar-refractivity contribution < 1.29 is 28.2 Å². The van der Waals surface area contributed by atoms with Gasteiger partial charge in [0, 0.05) is 38.5 Å². The van der Waals surface area contributed by atoms with Crippen LogP contribution in [-0.4, -0.2) is 49.6 Å². The quantitative estimate of drug-likeness (QED) is 0.203. The fraction of sp³-hybridized carbons (Fsp3) is 0.174. The second-order valence-corrected chi connectivity index (χ2v) is 7.71. The Kier molecular flexibility index (Phi) is 7.23. The van der Waals surface area contributed by atoms with Gasteiger partial charge in [-0.1, -0.05) is 6.07 Å². The Morgan fingerprint density at radius 2 is 1.74 bits per heavy atom. The molecule has 0 aliphatic rings. The minimum absolute atomic E-state index is 0.0714. The van der Waals surface area contributed by atoms with Crippen LogP contribution in [0.4, 0.5) is 25.8 Å². The smallest absolute Gasteiger partial charge is 0.323 e. The van der Waals surface area contributed by atoms with E-state index >= 15 is 8.78 Å². The Labute approximate surface area is 199 Å².